The summed E-state index contributed by atoms with van der Waals surface area (Å²) in [4.78, 5) is 22.3. The number of carbonyl (C=O) groups excluding carboxylic acids is 1. The maximum atomic E-state index is 11.6. The number of likely N-dealkylation sites (tertiary alicyclic amines) is 1. The summed E-state index contributed by atoms with van der Waals surface area (Å²) in [5.74, 6) is 1.42. The Labute approximate surface area is 164 Å². The van der Waals surface area contributed by atoms with Crippen molar-refractivity contribution in [1.82, 2.24) is 14.9 Å². The zero-order chi connectivity index (χ0) is 18.9. The van der Waals surface area contributed by atoms with Crippen LogP contribution in [0.1, 0.15) is 34.1 Å². The second kappa shape index (κ2) is 7.66. The van der Waals surface area contributed by atoms with Crippen molar-refractivity contribution < 1.29 is 14.1 Å². The number of alkyl halides is 1. The Morgan fingerprint density at radius 3 is 2.50 bits per heavy atom. The summed E-state index contributed by atoms with van der Waals surface area (Å²) >= 11 is 7.23. The predicted octanol–water partition coefficient (Wildman–Crippen LogP) is 1.96. The minimum Gasteiger partial charge on any atom is -0.399 e. The van der Waals surface area contributed by atoms with Crippen molar-refractivity contribution in [2.75, 3.05) is 24.7 Å². The molecular formula is C17H25BClN3O3S. The molecule has 142 valence electrons. The van der Waals surface area contributed by atoms with Gasteiger partial charge < -0.3 is 14.2 Å². The van der Waals surface area contributed by atoms with E-state index in [0.29, 0.717) is 5.92 Å². The van der Waals surface area contributed by atoms with Gasteiger partial charge in [-0.25, -0.2) is 9.97 Å². The molecule has 1 aromatic heterocycles. The van der Waals surface area contributed by atoms with Crippen molar-refractivity contribution in [1.29, 1.82) is 0 Å². The van der Waals surface area contributed by atoms with E-state index in [1.165, 1.54) is 0 Å². The molecular weight excluding hydrogens is 373 g/mol. The maximum absolute atomic E-state index is 11.6. The van der Waals surface area contributed by atoms with E-state index in [9.17, 15) is 4.79 Å². The van der Waals surface area contributed by atoms with Crippen molar-refractivity contribution in [2.45, 2.75) is 50.5 Å². The van der Waals surface area contributed by atoms with Crippen LogP contribution in [0.5, 0.6) is 0 Å². The number of hydrogen-bond acceptors (Lipinski definition) is 6. The van der Waals surface area contributed by atoms with Crippen molar-refractivity contribution in [3.63, 3.8) is 0 Å². The van der Waals surface area contributed by atoms with Crippen LogP contribution < -0.4 is 5.46 Å². The van der Waals surface area contributed by atoms with Crippen molar-refractivity contribution >= 4 is 41.9 Å². The molecule has 0 N–H and O–H groups in total. The standard InChI is InChI=1S/C17H25BClN3O3S/c1-16(2)17(3,4)25-18(24-16)13-8-20-15(21-9-13)26-11-12-5-6-22(10-12)14(23)7-19/h8-9,12H,5-7,10-11H2,1-4H3/t12-/m0/s1. The average Bonchev–Trinajstić information content (AvgIpc) is 3.15. The molecule has 3 heterocycles. The quantitative estimate of drug-likeness (QED) is 0.327. The first-order valence-corrected chi connectivity index (χ1v) is 10.4. The SMILES string of the molecule is CC1(C)OB(c2cnc(SC[C@H]3CCN(C(=O)CCl)C3)nc2)OC1(C)C. The number of thioether (sulfide) groups is 1. The first-order chi connectivity index (χ1) is 12.2. The molecule has 2 saturated heterocycles. The summed E-state index contributed by atoms with van der Waals surface area (Å²) < 4.78 is 12.0. The minimum atomic E-state index is -0.441. The van der Waals surface area contributed by atoms with E-state index in [4.69, 9.17) is 20.9 Å². The van der Waals surface area contributed by atoms with Crippen LogP contribution in [0, 0.1) is 5.92 Å². The Hall–Kier alpha value is -0.825. The lowest BCUT2D eigenvalue weighted by molar-refractivity contribution is -0.127. The van der Waals surface area contributed by atoms with Crippen LogP contribution in [0.3, 0.4) is 0 Å². The smallest absolute Gasteiger partial charge is 0.399 e. The molecule has 0 spiro atoms. The third-order valence-electron chi connectivity index (χ3n) is 5.37. The third-order valence-corrected chi connectivity index (χ3v) is 6.71. The number of rotatable bonds is 5. The van der Waals surface area contributed by atoms with Crippen LogP contribution in [-0.4, -0.2) is 63.8 Å². The van der Waals surface area contributed by atoms with E-state index in [2.05, 4.69) is 9.97 Å². The highest BCUT2D eigenvalue weighted by Gasteiger charge is 2.51. The fourth-order valence-electron chi connectivity index (χ4n) is 2.97. The number of aromatic nitrogens is 2. The number of hydrogen-bond donors (Lipinski definition) is 0. The van der Waals surface area contributed by atoms with Gasteiger partial charge in [0.15, 0.2) is 5.16 Å². The molecule has 9 heteroatoms. The number of carbonyl (C=O) groups is 1. The summed E-state index contributed by atoms with van der Waals surface area (Å²) in [5.41, 5.74) is 0.0764. The van der Waals surface area contributed by atoms with Gasteiger partial charge >= 0.3 is 7.12 Å². The zero-order valence-electron chi connectivity index (χ0n) is 15.7. The predicted molar refractivity (Wildman–Crippen MR) is 104 cm³/mol. The highest BCUT2D eigenvalue weighted by Crippen LogP contribution is 2.36. The number of amides is 1. The summed E-state index contributed by atoms with van der Waals surface area (Å²) in [6.45, 7) is 9.66. The lowest BCUT2D eigenvalue weighted by Gasteiger charge is -2.32. The zero-order valence-corrected chi connectivity index (χ0v) is 17.3. The van der Waals surface area contributed by atoms with Crippen LogP contribution in [0.2, 0.25) is 0 Å². The number of halogens is 1. The fourth-order valence-corrected chi connectivity index (χ4v) is 4.05. The van der Waals surface area contributed by atoms with Gasteiger partial charge in [0, 0.05) is 36.7 Å². The molecule has 6 nitrogen and oxygen atoms in total. The van der Waals surface area contributed by atoms with E-state index in [1.807, 2.05) is 32.6 Å². The third kappa shape index (κ3) is 4.19. The van der Waals surface area contributed by atoms with Crippen LogP contribution in [0.4, 0.5) is 0 Å². The van der Waals surface area contributed by atoms with Gasteiger partial charge in [0.2, 0.25) is 5.91 Å². The molecule has 26 heavy (non-hydrogen) atoms. The summed E-state index contributed by atoms with van der Waals surface area (Å²) in [6, 6.07) is 0. The highest BCUT2D eigenvalue weighted by atomic mass is 35.5. The van der Waals surface area contributed by atoms with E-state index >= 15 is 0 Å². The molecule has 1 amide bonds. The minimum absolute atomic E-state index is 0.0159. The summed E-state index contributed by atoms with van der Waals surface area (Å²) in [7, 11) is -0.441. The van der Waals surface area contributed by atoms with E-state index in [-0.39, 0.29) is 23.0 Å². The van der Waals surface area contributed by atoms with Crippen molar-refractivity contribution in [3.05, 3.63) is 12.4 Å². The monoisotopic (exact) mass is 397 g/mol. The second-order valence-electron chi connectivity index (χ2n) is 7.83. The Morgan fingerprint density at radius 2 is 1.92 bits per heavy atom. The molecule has 0 unspecified atom stereocenters. The Kier molecular flexibility index (Phi) is 5.87. The van der Waals surface area contributed by atoms with E-state index in [1.54, 1.807) is 24.2 Å². The molecule has 2 aliphatic rings. The topological polar surface area (TPSA) is 64.5 Å². The molecule has 2 aliphatic heterocycles. The van der Waals surface area contributed by atoms with Crippen LogP contribution in [0.15, 0.2) is 17.6 Å². The van der Waals surface area contributed by atoms with Crippen LogP contribution in [-0.2, 0) is 14.1 Å². The molecule has 1 atom stereocenters. The number of nitrogens with zero attached hydrogens (tertiary/aromatic N) is 3. The van der Waals surface area contributed by atoms with Gasteiger partial charge in [-0.1, -0.05) is 11.8 Å². The Bertz CT molecular complexity index is 643. The maximum Gasteiger partial charge on any atom is 0.498 e. The molecule has 0 radical (unpaired) electrons. The van der Waals surface area contributed by atoms with Gasteiger partial charge in [0.1, 0.15) is 5.88 Å². The first kappa shape index (κ1) is 19.9. The van der Waals surface area contributed by atoms with Crippen LogP contribution >= 0.6 is 23.4 Å². The lowest BCUT2D eigenvalue weighted by Crippen LogP contribution is -2.41. The molecule has 0 saturated carbocycles. The van der Waals surface area contributed by atoms with Crippen molar-refractivity contribution in [3.8, 4) is 0 Å². The molecule has 3 rings (SSSR count). The summed E-state index contributed by atoms with van der Waals surface area (Å²) in [6.07, 6.45) is 4.55. The van der Waals surface area contributed by atoms with Gasteiger partial charge in [-0.2, -0.15) is 0 Å². The summed E-state index contributed by atoms with van der Waals surface area (Å²) in [5, 5.41) is 0.729. The van der Waals surface area contributed by atoms with E-state index in [0.717, 1.165) is 35.9 Å². The van der Waals surface area contributed by atoms with Gasteiger partial charge in [0.05, 0.1) is 11.2 Å². The normalized spacial score (nSPS) is 24.3. The first-order valence-electron chi connectivity index (χ1n) is 8.86. The van der Waals surface area contributed by atoms with Gasteiger partial charge in [-0.3, -0.25) is 4.79 Å². The molecule has 1 aromatic rings. The van der Waals surface area contributed by atoms with Gasteiger partial charge in [-0.15, -0.1) is 11.6 Å². The molecule has 0 aliphatic carbocycles. The Balaban J connectivity index is 1.52. The van der Waals surface area contributed by atoms with Crippen LogP contribution in [0.25, 0.3) is 0 Å². The van der Waals surface area contributed by atoms with Crippen molar-refractivity contribution in [2.24, 2.45) is 5.92 Å². The molecule has 2 fully saturated rings. The fraction of sp³-hybridized carbons (Fsp3) is 0.706. The van der Waals surface area contributed by atoms with E-state index < -0.39 is 7.12 Å². The largest absolute Gasteiger partial charge is 0.498 e. The molecule has 0 aromatic carbocycles. The highest BCUT2D eigenvalue weighted by molar-refractivity contribution is 7.99. The van der Waals surface area contributed by atoms with Gasteiger partial charge in [-0.05, 0) is 40.0 Å². The lowest BCUT2D eigenvalue weighted by atomic mass is 9.81. The molecule has 0 bridgehead atoms. The second-order valence-corrected chi connectivity index (χ2v) is 9.08. The van der Waals surface area contributed by atoms with Gasteiger partial charge in [0.25, 0.3) is 0 Å². The average molecular weight is 398 g/mol. The Morgan fingerprint density at radius 1 is 1.31 bits per heavy atom.